The number of nitrogens with one attached hydrogen (secondary N) is 1. The number of nitrogens with two attached hydrogens (primary N) is 1. The maximum Gasteiger partial charge on any atom is 0.145 e. The Hall–Kier alpha value is -1.50. The molecule has 0 aromatic heterocycles. The summed E-state index contributed by atoms with van der Waals surface area (Å²) in [7, 11) is 1.50. The molecule has 2 aromatic rings. The van der Waals surface area contributed by atoms with Crippen LogP contribution in [-0.2, 0) is 0 Å². The van der Waals surface area contributed by atoms with Gasteiger partial charge >= 0.3 is 0 Å². The van der Waals surface area contributed by atoms with Gasteiger partial charge in [0.1, 0.15) is 11.6 Å². The van der Waals surface area contributed by atoms with E-state index in [1.54, 1.807) is 6.07 Å². The van der Waals surface area contributed by atoms with Crippen molar-refractivity contribution >= 4 is 39.7 Å². The van der Waals surface area contributed by atoms with E-state index in [4.69, 9.17) is 10.5 Å². The average molecular weight is 358 g/mol. The van der Waals surface area contributed by atoms with Crippen molar-refractivity contribution in [1.29, 1.82) is 0 Å². The van der Waals surface area contributed by atoms with Crippen molar-refractivity contribution in [3.8, 4) is 5.75 Å². The normalized spacial score (nSPS) is 10.2. The minimum atomic E-state index is -0.340. The van der Waals surface area contributed by atoms with Crippen LogP contribution < -0.4 is 15.8 Å². The molecule has 2 aromatic carbocycles. The number of ether oxygens (including phenoxy) is 1. The molecular weight excluding hydrogens is 346 g/mol. The highest BCUT2D eigenvalue weighted by Crippen LogP contribution is 2.31. The highest BCUT2D eigenvalue weighted by atomic mass is 127. The van der Waals surface area contributed by atoms with Crippen LogP contribution in [0.1, 0.15) is 0 Å². The molecule has 0 fully saturated rings. The zero-order valence-electron chi connectivity index (χ0n) is 9.71. The third-order valence-corrected chi connectivity index (χ3v) is 3.12. The molecule has 0 saturated carbocycles. The Balaban J connectivity index is 2.33. The van der Waals surface area contributed by atoms with E-state index >= 15 is 0 Å². The van der Waals surface area contributed by atoms with Gasteiger partial charge in [0.25, 0.3) is 0 Å². The average Bonchev–Trinajstić information content (AvgIpc) is 2.34. The van der Waals surface area contributed by atoms with E-state index in [0.717, 1.165) is 9.26 Å². The van der Waals surface area contributed by atoms with E-state index in [-0.39, 0.29) is 5.82 Å². The SMILES string of the molecule is COc1cc(F)ccc1Nc1ccc(I)cc1N. The monoisotopic (exact) mass is 358 g/mol. The largest absolute Gasteiger partial charge is 0.494 e. The predicted octanol–water partition coefficient (Wildman–Crippen LogP) is 3.76. The molecule has 0 spiro atoms. The van der Waals surface area contributed by atoms with Crippen LogP contribution in [0.25, 0.3) is 0 Å². The quantitative estimate of drug-likeness (QED) is 0.649. The summed E-state index contributed by atoms with van der Waals surface area (Å²) < 4.78 is 19.2. The number of nitrogen functional groups attached to an aromatic ring is 1. The molecule has 18 heavy (non-hydrogen) atoms. The number of benzene rings is 2. The zero-order valence-corrected chi connectivity index (χ0v) is 11.9. The molecule has 0 aliphatic heterocycles. The molecule has 2 rings (SSSR count). The topological polar surface area (TPSA) is 47.3 Å². The smallest absolute Gasteiger partial charge is 0.145 e. The number of methoxy groups -OCH3 is 1. The number of hydrogen-bond acceptors (Lipinski definition) is 3. The fraction of sp³-hybridized carbons (Fsp3) is 0.0769. The van der Waals surface area contributed by atoms with Gasteiger partial charge in [0.05, 0.1) is 24.2 Å². The van der Waals surface area contributed by atoms with Gasteiger partial charge in [0, 0.05) is 9.64 Å². The van der Waals surface area contributed by atoms with Crippen LogP contribution in [0.15, 0.2) is 36.4 Å². The highest BCUT2D eigenvalue weighted by Gasteiger charge is 2.06. The van der Waals surface area contributed by atoms with Gasteiger partial charge in [-0.3, -0.25) is 0 Å². The third-order valence-electron chi connectivity index (χ3n) is 2.45. The number of rotatable bonds is 3. The lowest BCUT2D eigenvalue weighted by Crippen LogP contribution is -1.99. The van der Waals surface area contributed by atoms with Gasteiger partial charge in [0.2, 0.25) is 0 Å². The van der Waals surface area contributed by atoms with E-state index in [9.17, 15) is 4.39 Å². The second kappa shape index (κ2) is 5.43. The summed E-state index contributed by atoms with van der Waals surface area (Å²) in [5.41, 5.74) is 7.98. The van der Waals surface area contributed by atoms with Crippen LogP contribution in [0.2, 0.25) is 0 Å². The molecule has 0 bridgehead atoms. The molecule has 0 aliphatic carbocycles. The Morgan fingerprint density at radius 3 is 2.56 bits per heavy atom. The van der Waals surface area contributed by atoms with Gasteiger partial charge in [-0.05, 0) is 52.9 Å². The van der Waals surface area contributed by atoms with Gasteiger partial charge in [-0.25, -0.2) is 4.39 Å². The first kappa shape index (κ1) is 12.9. The highest BCUT2D eigenvalue weighted by molar-refractivity contribution is 14.1. The predicted molar refractivity (Wildman–Crippen MR) is 79.8 cm³/mol. The van der Waals surface area contributed by atoms with E-state index in [1.807, 2.05) is 18.2 Å². The van der Waals surface area contributed by atoms with Gasteiger partial charge in [0.15, 0.2) is 0 Å². The van der Waals surface area contributed by atoms with Gasteiger partial charge in [-0.1, -0.05) is 0 Å². The van der Waals surface area contributed by atoms with E-state index in [2.05, 4.69) is 27.9 Å². The van der Waals surface area contributed by atoms with Gasteiger partial charge < -0.3 is 15.8 Å². The minimum absolute atomic E-state index is 0.340. The molecule has 0 saturated heterocycles. The summed E-state index contributed by atoms with van der Waals surface area (Å²) in [6, 6.07) is 9.98. The molecule has 5 heteroatoms. The summed E-state index contributed by atoms with van der Waals surface area (Å²) in [6.45, 7) is 0. The number of anilines is 3. The van der Waals surface area contributed by atoms with Crippen molar-refractivity contribution in [2.75, 3.05) is 18.2 Å². The Morgan fingerprint density at radius 1 is 1.17 bits per heavy atom. The van der Waals surface area contributed by atoms with E-state index < -0.39 is 0 Å². The Morgan fingerprint density at radius 2 is 1.89 bits per heavy atom. The van der Waals surface area contributed by atoms with Crippen LogP contribution >= 0.6 is 22.6 Å². The van der Waals surface area contributed by atoms with E-state index in [1.165, 1.54) is 19.2 Å². The molecule has 0 amide bonds. The van der Waals surface area contributed by atoms with Gasteiger partial charge in [-0.15, -0.1) is 0 Å². The maximum atomic E-state index is 13.1. The summed E-state index contributed by atoms with van der Waals surface area (Å²) in [5.74, 6) is 0.0981. The molecule has 0 atom stereocenters. The molecule has 0 unspecified atom stereocenters. The lowest BCUT2D eigenvalue weighted by Gasteiger charge is -2.13. The summed E-state index contributed by atoms with van der Waals surface area (Å²) >= 11 is 2.19. The van der Waals surface area contributed by atoms with Crippen molar-refractivity contribution in [3.63, 3.8) is 0 Å². The fourth-order valence-corrected chi connectivity index (χ4v) is 2.08. The zero-order chi connectivity index (χ0) is 13.1. The second-order valence-corrected chi connectivity index (χ2v) is 4.95. The van der Waals surface area contributed by atoms with Crippen LogP contribution in [0, 0.1) is 9.39 Å². The van der Waals surface area contributed by atoms with Crippen molar-refractivity contribution in [2.45, 2.75) is 0 Å². The molecular formula is C13H12FIN2O. The first-order valence-electron chi connectivity index (χ1n) is 5.26. The summed E-state index contributed by atoms with van der Waals surface area (Å²) in [5, 5.41) is 3.13. The maximum absolute atomic E-state index is 13.1. The Bertz CT molecular complexity index is 575. The lowest BCUT2D eigenvalue weighted by atomic mass is 10.2. The van der Waals surface area contributed by atoms with Crippen LogP contribution in [0.5, 0.6) is 5.75 Å². The van der Waals surface area contributed by atoms with Crippen LogP contribution in [0.3, 0.4) is 0 Å². The van der Waals surface area contributed by atoms with Gasteiger partial charge in [-0.2, -0.15) is 0 Å². The van der Waals surface area contributed by atoms with E-state index in [0.29, 0.717) is 17.1 Å². The number of halogens is 2. The molecule has 3 N–H and O–H groups in total. The Labute approximate surface area is 118 Å². The number of hydrogen-bond donors (Lipinski definition) is 2. The molecule has 3 nitrogen and oxygen atoms in total. The minimum Gasteiger partial charge on any atom is -0.494 e. The standard InChI is InChI=1S/C13H12FIN2O/c1-18-13-6-8(14)2-4-12(13)17-11-5-3-9(15)7-10(11)16/h2-7,17H,16H2,1H3. The fourth-order valence-electron chi connectivity index (χ4n) is 1.56. The second-order valence-electron chi connectivity index (χ2n) is 3.70. The third kappa shape index (κ3) is 2.84. The first-order valence-corrected chi connectivity index (χ1v) is 6.33. The molecule has 94 valence electrons. The first-order chi connectivity index (χ1) is 8.60. The lowest BCUT2D eigenvalue weighted by molar-refractivity contribution is 0.413. The van der Waals surface area contributed by atoms with Crippen molar-refractivity contribution in [2.24, 2.45) is 0 Å². The van der Waals surface area contributed by atoms with Crippen molar-refractivity contribution in [3.05, 3.63) is 45.8 Å². The Kier molecular flexibility index (Phi) is 3.90. The van der Waals surface area contributed by atoms with Crippen molar-refractivity contribution < 1.29 is 9.13 Å². The molecule has 0 radical (unpaired) electrons. The van der Waals surface area contributed by atoms with Crippen molar-refractivity contribution in [1.82, 2.24) is 0 Å². The molecule has 0 aliphatic rings. The molecule has 0 heterocycles. The van der Waals surface area contributed by atoms with Crippen LogP contribution in [0.4, 0.5) is 21.5 Å². The van der Waals surface area contributed by atoms with Crippen LogP contribution in [-0.4, -0.2) is 7.11 Å². The summed E-state index contributed by atoms with van der Waals surface area (Å²) in [6.07, 6.45) is 0. The summed E-state index contributed by atoms with van der Waals surface area (Å²) in [4.78, 5) is 0.